The van der Waals surface area contributed by atoms with Crippen LogP contribution in [0.3, 0.4) is 0 Å². The predicted octanol–water partition coefficient (Wildman–Crippen LogP) is 1.31. The number of nitrogens with zero attached hydrogens (tertiary/aromatic N) is 2. The smallest absolute Gasteiger partial charge is 0.269 e. The number of nitrogens with one attached hydrogen (secondary N) is 2. The second kappa shape index (κ2) is 8.69. The third kappa shape index (κ3) is 4.43. The largest absolute Gasteiger partial charge is 0.288 e. The molecule has 0 aliphatic rings. The van der Waals surface area contributed by atoms with Crippen LogP contribution >= 0.6 is 0 Å². The van der Waals surface area contributed by atoms with E-state index in [1.165, 1.54) is 59.8 Å². The van der Waals surface area contributed by atoms with E-state index in [2.05, 4.69) is 4.98 Å². The lowest BCUT2D eigenvalue weighted by atomic mass is 10.2. The highest BCUT2D eigenvalue weighted by Gasteiger charge is 2.19. The summed E-state index contributed by atoms with van der Waals surface area (Å²) in [6.07, 6.45) is 7.82. The molecule has 3 rings (SSSR count). The number of amides is 2. The van der Waals surface area contributed by atoms with Crippen molar-refractivity contribution in [3.05, 3.63) is 72.1 Å². The van der Waals surface area contributed by atoms with Gasteiger partial charge >= 0.3 is 0 Å². The molecule has 2 amide bonds. The van der Waals surface area contributed by atoms with E-state index < -0.39 is 21.8 Å². The summed E-state index contributed by atoms with van der Waals surface area (Å²) in [5, 5.41) is 17.5. The van der Waals surface area contributed by atoms with E-state index in [0.29, 0.717) is 16.5 Å². The number of fused-ring (bicyclic) bond motifs is 1. The Balaban J connectivity index is 1.90. The van der Waals surface area contributed by atoms with Crippen molar-refractivity contribution in [3.8, 4) is 0 Å². The first-order valence-corrected chi connectivity index (χ1v) is 9.86. The molecule has 30 heavy (non-hydrogen) atoms. The Labute approximate surface area is 170 Å². The fraction of sp³-hybridized carbons (Fsp3) is 0. The fourth-order valence-electron chi connectivity index (χ4n) is 2.58. The molecule has 11 heteroatoms. The number of aromatic nitrogens is 2. The van der Waals surface area contributed by atoms with Crippen LogP contribution in [-0.2, 0) is 19.6 Å². The van der Waals surface area contributed by atoms with E-state index in [1.54, 1.807) is 12.1 Å². The van der Waals surface area contributed by atoms with Gasteiger partial charge in [0.2, 0.25) is 0 Å². The molecule has 0 fully saturated rings. The maximum atomic E-state index is 13.0. The zero-order valence-corrected chi connectivity index (χ0v) is 16.1. The van der Waals surface area contributed by atoms with E-state index in [9.17, 15) is 18.0 Å². The molecule has 0 aliphatic carbocycles. The van der Waals surface area contributed by atoms with E-state index in [0.717, 1.165) is 16.1 Å². The monoisotopic (exact) mass is 428 g/mol. The highest BCUT2D eigenvalue weighted by Crippen LogP contribution is 2.22. The summed E-state index contributed by atoms with van der Waals surface area (Å²) >= 11 is 0. The summed E-state index contributed by atoms with van der Waals surface area (Å²) < 4.78 is 27.0. The zero-order valence-electron chi connectivity index (χ0n) is 15.3. The molecule has 1 aromatic carbocycles. The summed E-state index contributed by atoms with van der Waals surface area (Å²) in [6.45, 7) is 0. The maximum absolute atomic E-state index is 13.0. The molecule has 0 saturated carbocycles. The Hall–Kier alpha value is -3.80. The first kappa shape index (κ1) is 20.9. The lowest BCUT2D eigenvalue weighted by Crippen LogP contribution is -2.14. The second-order valence-corrected chi connectivity index (χ2v) is 7.80. The van der Waals surface area contributed by atoms with Crippen LogP contribution in [0.15, 0.2) is 65.8 Å². The number of hydroxylamine groups is 2. The van der Waals surface area contributed by atoms with Crippen molar-refractivity contribution in [1.82, 2.24) is 19.9 Å². The Morgan fingerprint density at radius 2 is 1.53 bits per heavy atom. The van der Waals surface area contributed by atoms with Gasteiger partial charge in [0.25, 0.3) is 21.8 Å². The van der Waals surface area contributed by atoms with Gasteiger partial charge in [0.1, 0.15) is 0 Å². The van der Waals surface area contributed by atoms with Crippen LogP contribution in [0.2, 0.25) is 0 Å². The number of benzene rings is 1. The molecule has 10 nitrogen and oxygen atoms in total. The van der Waals surface area contributed by atoms with Gasteiger partial charge in [0, 0.05) is 29.9 Å². The summed E-state index contributed by atoms with van der Waals surface area (Å²) in [6, 6.07) is 9.04. The van der Waals surface area contributed by atoms with Gasteiger partial charge < -0.3 is 0 Å². The van der Waals surface area contributed by atoms with Gasteiger partial charge in [-0.05, 0) is 47.5 Å². The van der Waals surface area contributed by atoms with E-state index in [1.807, 2.05) is 0 Å². The minimum Gasteiger partial charge on any atom is -0.288 e. The van der Waals surface area contributed by atoms with Crippen molar-refractivity contribution in [2.45, 2.75) is 4.90 Å². The van der Waals surface area contributed by atoms with Crippen molar-refractivity contribution in [2.75, 3.05) is 0 Å². The van der Waals surface area contributed by atoms with Gasteiger partial charge in [-0.1, -0.05) is 12.1 Å². The molecule has 0 unspecified atom stereocenters. The number of hydrogen-bond acceptors (Lipinski definition) is 7. The van der Waals surface area contributed by atoms with Gasteiger partial charge in [0.15, 0.2) is 5.65 Å². The zero-order chi connectivity index (χ0) is 21.7. The molecule has 2 aromatic heterocycles. The van der Waals surface area contributed by atoms with Crippen molar-refractivity contribution in [1.29, 1.82) is 0 Å². The van der Waals surface area contributed by atoms with Gasteiger partial charge in [-0.2, -0.15) is 0 Å². The predicted molar refractivity (Wildman–Crippen MR) is 107 cm³/mol. The fourth-order valence-corrected chi connectivity index (χ4v) is 3.89. The molecular formula is C19H16N4O6S. The Kier molecular flexibility index (Phi) is 6.06. The molecular weight excluding hydrogens is 412 g/mol. The van der Waals surface area contributed by atoms with Crippen molar-refractivity contribution >= 4 is 45.0 Å². The van der Waals surface area contributed by atoms with Crippen LogP contribution in [0.5, 0.6) is 0 Å². The highest BCUT2D eigenvalue weighted by atomic mass is 32.2. The number of hydrogen-bond donors (Lipinski definition) is 4. The maximum Gasteiger partial charge on any atom is 0.269 e. The summed E-state index contributed by atoms with van der Waals surface area (Å²) in [4.78, 5) is 26.3. The number of rotatable bonds is 6. The minimum atomic E-state index is -3.92. The molecule has 0 bridgehead atoms. The van der Waals surface area contributed by atoms with Gasteiger partial charge in [-0.25, -0.2) is 28.3 Å². The Morgan fingerprint density at radius 3 is 2.13 bits per heavy atom. The first-order valence-electron chi connectivity index (χ1n) is 8.42. The minimum absolute atomic E-state index is 0.0224. The lowest BCUT2D eigenvalue weighted by molar-refractivity contribution is -0.124. The Morgan fingerprint density at radius 1 is 0.933 bits per heavy atom. The van der Waals surface area contributed by atoms with Crippen LogP contribution in [-0.4, -0.2) is 39.6 Å². The van der Waals surface area contributed by atoms with Crippen LogP contribution in [0, 0.1) is 0 Å². The average Bonchev–Trinajstić information content (AvgIpc) is 3.20. The summed E-state index contributed by atoms with van der Waals surface area (Å²) in [5.41, 5.74) is 4.25. The van der Waals surface area contributed by atoms with E-state index in [-0.39, 0.29) is 10.5 Å². The quantitative estimate of drug-likeness (QED) is 0.262. The topological polar surface area (TPSA) is 151 Å². The first-order chi connectivity index (χ1) is 14.3. The summed E-state index contributed by atoms with van der Waals surface area (Å²) in [5.74, 6) is -1.41. The molecule has 4 N–H and O–H groups in total. The van der Waals surface area contributed by atoms with Gasteiger partial charge in [0.05, 0.1) is 4.90 Å². The van der Waals surface area contributed by atoms with E-state index >= 15 is 0 Å². The molecule has 154 valence electrons. The van der Waals surface area contributed by atoms with Crippen molar-refractivity contribution < 1.29 is 28.4 Å². The average molecular weight is 428 g/mol. The molecule has 2 heterocycles. The number of pyridine rings is 1. The van der Waals surface area contributed by atoms with Crippen LogP contribution in [0.1, 0.15) is 11.1 Å². The lowest BCUT2D eigenvalue weighted by Gasteiger charge is -2.07. The molecule has 0 atom stereocenters. The van der Waals surface area contributed by atoms with Crippen molar-refractivity contribution in [3.63, 3.8) is 0 Å². The molecule has 0 aliphatic heterocycles. The third-order valence-corrected chi connectivity index (χ3v) is 5.71. The van der Waals surface area contributed by atoms with Crippen LogP contribution in [0.25, 0.3) is 23.2 Å². The third-order valence-electron chi connectivity index (χ3n) is 4.03. The van der Waals surface area contributed by atoms with Crippen molar-refractivity contribution in [2.24, 2.45) is 0 Å². The van der Waals surface area contributed by atoms with E-state index in [4.69, 9.17) is 10.4 Å². The Bertz CT molecular complexity index is 1260. The second-order valence-electron chi connectivity index (χ2n) is 5.99. The molecule has 0 radical (unpaired) electrons. The SMILES string of the molecule is O=C(C=Cc1ccc(S(=O)(=O)n2ccc3cc(C=CC(=O)NO)cnc32)cc1)NO. The number of carbonyl (C=O) groups is 2. The molecule has 0 spiro atoms. The standard InChI is InChI=1S/C19H16N4O6S/c24-17(21-26)7-3-13-1-5-16(6-2-13)30(28,29)23-10-9-15-11-14(12-20-19(15)23)4-8-18(25)22-27/h1-12,26-27H,(H,21,24)(H,22,25). The van der Waals surface area contributed by atoms with Gasteiger partial charge in [-0.3, -0.25) is 20.0 Å². The van der Waals surface area contributed by atoms with Crippen LogP contribution < -0.4 is 11.0 Å². The van der Waals surface area contributed by atoms with Gasteiger partial charge in [-0.15, -0.1) is 0 Å². The normalized spacial score (nSPS) is 11.9. The number of carbonyl (C=O) groups excluding carboxylic acids is 2. The molecule has 3 aromatic rings. The summed E-state index contributed by atoms with van der Waals surface area (Å²) in [7, 11) is -3.92. The van der Waals surface area contributed by atoms with Crippen LogP contribution in [0.4, 0.5) is 0 Å². The molecule has 0 saturated heterocycles. The highest BCUT2D eigenvalue weighted by molar-refractivity contribution is 7.90.